The van der Waals surface area contributed by atoms with Crippen molar-refractivity contribution in [3.63, 3.8) is 0 Å². The first-order valence-electron chi connectivity index (χ1n) is 6.72. The zero-order valence-electron chi connectivity index (χ0n) is 11.9. The second kappa shape index (κ2) is 6.52. The Kier molecular flexibility index (Phi) is 4.10. The molecule has 0 atom stereocenters. The highest BCUT2D eigenvalue weighted by molar-refractivity contribution is 5.87. The summed E-state index contributed by atoms with van der Waals surface area (Å²) < 4.78 is 5.48. The van der Waals surface area contributed by atoms with Crippen LogP contribution in [0.15, 0.2) is 61.1 Å². The molecule has 0 unspecified atom stereocenters. The Hall–Kier alpha value is -3.48. The molecule has 2 heterocycles. The van der Waals surface area contributed by atoms with Crippen LogP contribution in [0.3, 0.4) is 0 Å². The van der Waals surface area contributed by atoms with Crippen LogP contribution in [-0.2, 0) is 0 Å². The number of nitrogens with one attached hydrogen (secondary N) is 1. The predicted molar refractivity (Wildman–Crippen MR) is 83.0 cm³/mol. The van der Waals surface area contributed by atoms with Gasteiger partial charge in [0.25, 0.3) is 5.88 Å². The molecule has 0 saturated carbocycles. The highest BCUT2D eigenvalue weighted by Gasteiger charge is 2.14. The maximum atomic E-state index is 11.1. The van der Waals surface area contributed by atoms with Crippen molar-refractivity contribution in [2.45, 2.75) is 0 Å². The van der Waals surface area contributed by atoms with Crippen LogP contribution in [0.25, 0.3) is 0 Å². The van der Waals surface area contributed by atoms with Crippen molar-refractivity contribution in [2.24, 2.45) is 0 Å². The predicted octanol–water partition coefficient (Wildman–Crippen LogP) is 3.11. The van der Waals surface area contributed by atoms with Crippen molar-refractivity contribution in [1.29, 1.82) is 0 Å². The van der Waals surface area contributed by atoms with Crippen LogP contribution in [0, 0.1) is 0 Å². The number of ether oxygens (including phenoxy) is 1. The van der Waals surface area contributed by atoms with Crippen LogP contribution < -0.4 is 10.1 Å². The molecule has 3 aromatic rings. The fourth-order valence-electron chi connectivity index (χ4n) is 1.85. The largest absolute Gasteiger partial charge is 0.476 e. The van der Waals surface area contributed by atoms with Crippen LogP contribution >= 0.6 is 0 Å². The summed E-state index contributed by atoms with van der Waals surface area (Å²) >= 11 is 0. The van der Waals surface area contributed by atoms with E-state index in [9.17, 15) is 4.79 Å². The molecule has 0 fully saturated rings. The fraction of sp³-hybridized carbons (Fsp3) is 0. The van der Waals surface area contributed by atoms with Gasteiger partial charge in [-0.05, 0) is 36.4 Å². The topological polar surface area (TPSA) is 97.2 Å². The maximum Gasteiger partial charge on any atom is 0.360 e. The molecule has 0 saturated heterocycles. The van der Waals surface area contributed by atoms with Crippen molar-refractivity contribution in [3.05, 3.63) is 66.7 Å². The summed E-state index contributed by atoms with van der Waals surface area (Å²) in [5.41, 5.74) is 0.594. The highest BCUT2D eigenvalue weighted by atomic mass is 16.5. The third kappa shape index (κ3) is 3.59. The minimum atomic E-state index is -1.19. The van der Waals surface area contributed by atoms with E-state index in [0.29, 0.717) is 5.75 Å². The minimum Gasteiger partial charge on any atom is -0.476 e. The van der Waals surface area contributed by atoms with Crippen molar-refractivity contribution < 1.29 is 14.6 Å². The Morgan fingerprint density at radius 1 is 0.957 bits per heavy atom. The number of rotatable bonds is 5. The number of aromatic carboxylic acids is 1. The summed E-state index contributed by atoms with van der Waals surface area (Å²) in [6.07, 6.45) is 4.37. The standard InChI is InChI=1S/C16H12N4O3/c21-16(22)14-15(19-10-9-18-14)23-12-6-4-11(5-7-12)20-13-3-1-2-8-17-13/h1-10H,(H,17,20)(H,21,22). The van der Waals surface area contributed by atoms with Gasteiger partial charge >= 0.3 is 5.97 Å². The molecule has 2 aromatic heterocycles. The quantitative estimate of drug-likeness (QED) is 0.747. The van der Waals surface area contributed by atoms with Gasteiger partial charge in [-0.1, -0.05) is 6.07 Å². The first-order chi connectivity index (χ1) is 11.2. The number of pyridine rings is 1. The summed E-state index contributed by atoms with van der Waals surface area (Å²) in [5.74, 6) is -0.0604. The number of hydrogen-bond acceptors (Lipinski definition) is 6. The van der Waals surface area contributed by atoms with Gasteiger partial charge in [-0.25, -0.2) is 19.7 Å². The Labute approximate surface area is 131 Å². The molecule has 0 aliphatic heterocycles. The number of nitrogens with zero attached hydrogens (tertiary/aromatic N) is 3. The van der Waals surface area contributed by atoms with E-state index in [2.05, 4.69) is 20.3 Å². The molecule has 1 aromatic carbocycles. The zero-order chi connectivity index (χ0) is 16.1. The van der Waals surface area contributed by atoms with Crippen LogP contribution in [-0.4, -0.2) is 26.0 Å². The second-order valence-electron chi connectivity index (χ2n) is 4.48. The number of benzene rings is 1. The van der Waals surface area contributed by atoms with Crippen molar-refractivity contribution in [3.8, 4) is 11.6 Å². The number of carbonyl (C=O) groups is 1. The summed E-state index contributed by atoms with van der Waals surface area (Å²) in [4.78, 5) is 22.9. The van der Waals surface area contributed by atoms with E-state index < -0.39 is 5.97 Å². The van der Waals surface area contributed by atoms with Gasteiger partial charge in [0.15, 0.2) is 0 Å². The summed E-state index contributed by atoms with van der Waals surface area (Å²) in [5, 5.41) is 12.2. The average Bonchev–Trinajstić information content (AvgIpc) is 2.58. The number of carboxylic acid groups (broad SMARTS) is 1. The Morgan fingerprint density at radius 3 is 2.43 bits per heavy atom. The lowest BCUT2D eigenvalue weighted by Crippen LogP contribution is -2.04. The molecular formula is C16H12N4O3. The molecular weight excluding hydrogens is 296 g/mol. The van der Waals surface area contributed by atoms with E-state index in [1.165, 1.54) is 12.4 Å². The Morgan fingerprint density at radius 2 is 1.74 bits per heavy atom. The van der Waals surface area contributed by atoms with E-state index in [4.69, 9.17) is 9.84 Å². The first kappa shape index (κ1) is 14.5. The van der Waals surface area contributed by atoms with Crippen molar-refractivity contribution in [1.82, 2.24) is 15.0 Å². The van der Waals surface area contributed by atoms with Crippen LogP contribution in [0.4, 0.5) is 11.5 Å². The molecule has 0 aliphatic carbocycles. The summed E-state index contributed by atoms with van der Waals surface area (Å²) in [7, 11) is 0. The van der Waals surface area contributed by atoms with Crippen LogP contribution in [0.1, 0.15) is 10.5 Å². The van der Waals surface area contributed by atoms with E-state index in [-0.39, 0.29) is 11.6 Å². The third-order valence-corrected chi connectivity index (χ3v) is 2.87. The van der Waals surface area contributed by atoms with Crippen molar-refractivity contribution in [2.75, 3.05) is 5.32 Å². The minimum absolute atomic E-state index is 0.0505. The van der Waals surface area contributed by atoms with Gasteiger partial charge in [0.05, 0.1) is 0 Å². The SMILES string of the molecule is O=C(O)c1nccnc1Oc1ccc(Nc2ccccn2)cc1. The highest BCUT2D eigenvalue weighted by Crippen LogP contribution is 2.24. The monoisotopic (exact) mass is 308 g/mol. The van der Waals surface area contributed by atoms with Gasteiger partial charge < -0.3 is 15.2 Å². The van der Waals surface area contributed by atoms with E-state index in [0.717, 1.165) is 11.5 Å². The van der Waals surface area contributed by atoms with Gasteiger partial charge in [0.1, 0.15) is 11.6 Å². The zero-order valence-corrected chi connectivity index (χ0v) is 11.9. The molecule has 0 spiro atoms. The average molecular weight is 308 g/mol. The molecule has 3 rings (SSSR count). The van der Waals surface area contributed by atoms with Gasteiger partial charge in [-0.3, -0.25) is 0 Å². The van der Waals surface area contributed by atoms with Gasteiger partial charge in [0.2, 0.25) is 5.69 Å². The molecule has 2 N–H and O–H groups in total. The van der Waals surface area contributed by atoms with Crippen LogP contribution in [0.2, 0.25) is 0 Å². The normalized spacial score (nSPS) is 10.1. The van der Waals surface area contributed by atoms with E-state index in [1.807, 2.05) is 18.2 Å². The Bertz CT molecular complexity index is 807. The first-order valence-corrected chi connectivity index (χ1v) is 6.72. The lowest BCUT2D eigenvalue weighted by Gasteiger charge is -2.08. The fourth-order valence-corrected chi connectivity index (χ4v) is 1.85. The molecule has 0 bridgehead atoms. The number of aromatic nitrogens is 3. The van der Waals surface area contributed by atoms with E-state index >= 15 is 0 Å². The van der Waals surface area contributed by atoms with Gasteiger partial charge in [-0.15, -0.1) is 0 Å². The number of carboxylic acids is 1. The molecule has 0 radical (unpaired) electrons. The van der Waals surface area contributed by atoms with Crippen LogP contribution in [0.5, 0.6) is 11.6 Å². The molecule has 0 amide bonds. The molecule has 23 heavy (non-hydrogen) atoms. The molecule has 7 nitrogen and oxygen atoms in total. The molecule has 0 aliphatic rings. The summed E-state index contributed by atoms with van der Waals surface area (Å²) in [6.45, 7) is 0. The molecule has 114 valence electrons. The lowest BCUT2D eigenvalue weighted by molar-refractivity contribution is 0.0686. The number of hydrogen-bond donors (Lipinski definition) is 2. The lowest BCUT2D eigenvalue weighted by atomic mass is 10.3. The smallest absolute Gasteiger partial charge is 0.360 e. The van der Waals surface area contributed by atoms with Crippen molar-refractivity contribution >= 4 is 17.5 Å². The third-order valence-electron chi connectivity index (χ3n) is 2.87. The Balaban J connectivity index is 1.74. The van der Waals surface area contributed by atoms with Gasteiger partial charge in [0, 0.05) is 24.3 Å². The molecule has 7 heteroatoms. The summed E-state index contributed by atoms with van der Waals surface area (Å²) in [6, 6.07) is 12.6. The van der Waals surface area contributed by atoms with Gasteiger partial charge in [-0.2, -0.15) is 0 Å². The maximum absolute atomic E-state index is 11.1. The second-order valence-corrected chi connectivity index (χ2v) is 4.48. The number of anilines is 2. The van der Waals surface area contributed by atoms with E-state index in [1.54, 1.807) is 30.5 Å².